The van der Waals surface area contributed by atoms with Crippen LogP contribution in [0, 0.1) is 18.3 Å². The Balaban J connectivity index is 3.37. The van der Waals surface area contributed by atoms with Gasteiger partial charge in [-0.1, -0.05) is 0 Å². The van der Waals surface area contributed by atoms with E-state index in [1.807, 2.05) is 6.07 Å². The fourth-order valence-electron chi connectivity index (χ4n) is 0.772. The molecule has 4 heteroatoms. The van der Waals surface area contributed by atoms with Crippen molar-refractivity contribution in [2.24, 2.45) is 7.05 Å². The van der Waals surface area contributed by atoms with Crippen molar-refractivity contribution >= 4 is 0 Å². The number of rotatable bonds is 0. The molecule has 0 saturated heterocycles. The van der Waals surface area contributed by atoms with Crippen LogP contribution in [0.25, 0.3) is 0 Å². The lowest BCUT2D eigenvalue weighted by molar-refractivity contribution is 0.468. The molecule has 0 aliphatic rings. The standard InChI is InChI=1S/C6H7N3O/c1-4-6(10)5(3-7)9(2)8-4/h10H,1-2H3. The second kappa shape index (κ2) is 2.03. The van der Waals surface area contributed by atoms with Crippen molar-refractivity contribution < 1.29 is 5.11 Å². The summed E-state index contributed by atoms with van der Waals surface area (Å²) in [7, 11) is 1.62. The smallest absolute Gasteiger partial charge is 0.180 e. The Labute approximate surface area is 58.3 Å². The molecule has 52 valence electrons. The van der Waals surface area contributed by atoms with Crippen LogP contribution < -0.4 is 0 Å². The van der Waals surface area contributed by atoms with Crippen molar-refractivity contribution in [3.8, 4) is 11.8 Å². The van der Waals surface area contributed by atoms with E-state index in [-0.39, 0.29) is 11.4 Å². The topological polar surface area (TPSA) is 61.8 Å². The monoisotopic (exact) mass is 137 g/mol. The Morgan fingerprint density at radius 3 is 2.50 bits per heavy atom. The third-order valence-electron chi connectivity index (χ3n) is 1.30. The van der Waals surface area contributed by atoms with Crippen molar-refractivity contribution in [3.63, 3.8) is 0 Å². The molecule has 0 aliphatic carbocycles. The molecule has 1 N–H and O–H groups in total. The molecule has 1 rings (SSSR count). The molecule has 1 aromatic heterocycles. The van der Waals surface area contributed by atoms with E-state index >= 15 is 0 Å². The Bertz CT molecular complexity index is 295. The Hall–Kier alpha value is -1.50. The largest absolute Gasteiger partial charge is 0.504 e. The third kappa shape index (κ3) is 0.722. The fraction of sp³-hybridized carbons (Fsp3) is 0.333. The van der Waals surface area contributed by atoms with Gasteiger partial charge in [0.15, 0.2) is 11.4 Å². The normalized spacial score (nSPS) is 9.30. The summed E-state index contributed by atoms with van der Waals surface area (Å²) < 4.78 is 1.35. The van der Waals surface area contributed by atoms with Gasteiger partial charge in [0.2, 0.25) is 0 Å². The lowest BCUT2D eigenvalue weighted by atomic mass is 10.3. The second-order valence-corrected chi connectivity index (χ2v) is 2.02. The zero-order valence-corrected chi connectivity index (χ0v) is 5.79. The first-order valence-corrected chi connectivity index (χ1v) is 2.79. The van der Waals surface area contributed by atoms with Crippen LogP contribution in [-0.4, -0.2) is 14.9 Å². The van der Waals surface area contributed by atoms with Gasteiger partial charge in [-0.2, -0.15) is 10.4 Å². The average Bonchev–Trinajstić information content (AvgIpc) is 2.09. The first-order valence-electron chi connectivity index (χ1n) is 2.79. The molecular weight excluding hydrogens is 130 g/mol. The molecule has 0 aliphatic heterocycles. The Morgan fingerprint density at radius 2 is 2.30 bits per heavy atom. The summed E-state index contributed by atoms with van der Waals surface area (Å²) >= 11 is 0. The highest BCUT2D eigenvalue weighted by Gasteiger charge is 2.09. The molecule has 0 fully saturated rings. The molecule has 1 heterocycles. The molecular formula is C6H7N3O. The van der Waals surface area contributed by atoms with E-state index in [9.17, 15) is 0 Å². The van der Waals surface area contributed by atoms with Crippen molar-refractivity contribution in [1.29, 1.82) is 5.26 Å². The molecule has 0 amide bonds. The molecule has 0 saturated carbocycles. The van der Waals surface area contributed by atoms with Crippen LogP contribution >= 0.6 is 0 Å². The van der Waals surface area contributed by atoms with Crippen molar-refractivity contribution in [2.75, 3.05) is 0 Å². The van der Waals surface area contributed by atoms with E-state index in [1.54, 1.807) is 14.0 Å². The van der Waals surface area contributed by atoms with E-state index in [0.29, 0.717) is 5.69 Å². The molecule has 0 aromatic carbocycles. The highest BCUT2D eigenvalue weighted by Crippen LogP contribution is 2.18. The van der Waals surface area contributed by atoms with Crippen LogP contribution in [0.1, 0.15) is 11.4 Å². The minimum absolute atomic E-state index is 0.0231. The van der Waals surface area contributed by atoms with E-state index in [0.717, 1.165) is 0 Å². The number of aryl methyl sites for hydroxylation is 2. The summed E-state index contributed by atoms with van der Waals surface area (Å²) in [5, 5.41) is 21.4. The van der Waals surface area contributed by atoms with Gasteiger partial charge in [-0.05, 0) is 6.92 Å². The highest BCUT2D eigenvalue weighted by molar-refractivity contribution is 5.39. The summed E-state index contributed by atoms with van der Waals surface area (Å²) in [5.41, 5.74) is 0.691. The van der Waals surface area contributed by atoms with Crippen molar-refractivity contribution in [1.82, 2.24) is 9.78 Å². The Kier molecular flexibility index (Phi) is 1.34. The van der Waals surface area contributed by atoms with Crippen molar-refractivity contribution in [2.45, 2.75) is 6.92 Å². The van der Waals surface area contributed by atoms with Crippen LogP contribution in [0.2, 0.25) is 0 Å². The quantitative estimate of drug-likeness (QED) is 0.559. The van der Waals surface area contributed by atoms with E-state index in [2.05, 4.69) is 5.10 Å². The molecule has 1 aromatic rings. The minimum Gasteiger partial charge on any atom is -0.504 e. The zero-order valence-electron chi connectivity index (χ0n) is 5.79. The molecule has 0 radical (unpaired) electrons. The van der Waals surface area contributed by atoms with Gasteiger partial charge in [0.25, 0.3) is 0 Å². The van der Waals surface area contributed by atoms with Gasteiger partial charge < -0.3 is 5.11 Å². The van der Waals surface area contributed by atoms with Gasteiger partial charge in [0, 0.05) is 7.05 Å². The van der Waals surface area contributed by atoms with Gasteiger partial charge >= 0.3 is 0 Å². The number of nitriles is 1. The van der Waals surface area contributed by atoms with Gasteiger partial charge in [-0.3, -0.25) is 4.68 Å². The molecule has 0 bridgehead atoms. The van der Waals surface area contributed by atoms with Crippen LogP contribution in [0.3, 0.4) is 0 Å². The SMILES string of the molecule is Cc1nn(C)c(C#N)c1O. The van der Waals surface area contributed by atoms with Gasteiger partial charge in [0.1, 0.15) is 11.8 Å². The van der Waals surface area contributed by atoms with Gasteiger partial charge in [0.05, 0.1) is 0 Å². The van der Waals surface area contributed by atoms with E-state index in [4.69, 9.17) is 10.4 Å². The maximum absolute atomic E-state index is 9.11. The van der Waals surface area contributed by atoms with E-state index in [1.165, 1.54) is 4.68 Å². The summed E-state index contributed by atoms with van der Waals surface area (Å²) in [6.07, 6.45) is 0. The van der Waals surface area contributed by atoms with Crippen molar-refractivity contribution in [3.05, 3.63) is 11.4 Å². The maximum Gasteiger partial charge on any atom is 0.180 e. The average molecular weight is 137 g/mol. The molecule has 0 spiro atoms. The summed E-state index contributed by atoms with van der Waals surface area (Å²) in [6.45, 7) is 1.65. The Morgan fingerprint density at radius 1 is 1.70 bits per heavy atom. The summed E-state index contributed by atoms with van der Waals surface area (Å²) in [4.78, 5) is 0. The first-order chi connectivity index (χ1) is 4.66. The third-order valence-corrected chi connectivity index (χ3v) is 1.30. The molecule has 10 heavy (non-hydrogen) atoms. The number of aromatic nitrogens is 2. The van der Waals surface area contributed by atoms with Gasteiger partial charge in [-0.15, -0.1) is 0 Å². The summed E-state index contributed by atoms with van der Waals surface area (Å²) in [6, 6.07) is 1.83. The lowest BCUT2D eigenvalue weighted by Gasteiger charge is -1.86. The number of nitrogens with zero attached hydrogens (tertiary/aromatic N) is 3. The highest BCUT2D eigenvalue weighted by atomic mass is 16.3. The zero-order chi connectivity index (χ0) is 7.72. The number of hydrogen-bond acceptors (Lipinski definition) is 3. The van der Waals surface area contributed by atoms with Crippen LogP contribution in [0.4, 0.5) is 0 Å². The van der Waals surface area contributed by atoms with Gasteiger partial charge in [-0.25, -0.2) is 0 Å². The minimum atomic E-state index is -0.0231. The van der Waals surface area contributed by atoms with Crippen LogP contribution in [0.5, 0.6) is 5.75 Å². The lowest BCUT2D eigenvalue weighted by Crippen LogP contribution is -1.92. The predicted octanol–water partition coefficient (Wildman–Crippen LogP) is 0.306. The maximum atomic E-state index is 9.11. The predicted molar refractivity (Wildman–Crippen MR) is 34.3 cm³/mol. The van der Waals surface area contributed by atoms with E-state index < -0.39 is 0 Å². The van der Waals surface area contributed by atoms with Crippen LogP contribution in [-0.2, 0) is 7.05 Å². The molecule has 0 unspecified atom stereocenters. The number of aromatic hydroxyl groups is 1. The molecule has 4 nitrogen and oxygen atoms in total. The number of hydrogen-bond donors (Lipinski definition) is 1. The van der Waals surface area contributed by atoms with Crippen LogP contribution in [0.15, 0.2) is 0 Å². The summed E-state index contributed by atoms with van der Waals surface area (Å²) in [5.74, 6) is -0.0231. The first kappa shape index (κ1) is 6.62. The molecule has 0 atom stereocenters. The second-order valence-electron chi connectivity index (χ2n) is 2.02. The fourth-order valence-corrected chi connectivity index (χ4v) is 0.772.